The van der Waals surface area contributed by atoms with Gasteiger partial charge < -0.3 is 79.5 Å². The molecule has 1 aromatic rings. The summed E-state index contributed by atoms with van der Waals surface area (Å²) < 4.78 is 36.2. The molecule has 16 heteroatoms. The second-order valence-electron chi connectivity index (χ2n) is 14.9. The fraction of sp³-hybridized carbons (Fsp3) is 0.737. The van der Waals surface area contributed by atoms with Gasteiger partial charge in [0.2, 0.25) is 12.6 Å². The van der Waals surface area contributed by atoms with Crippen molar-refractivity contribution >= 4 is 0 Å². The van der Waals surface area contributed by atoms with Gasteiger partial charge in [-0.15, -0.1) is 0 Å². The van der Waals surface area contributed by atoms with Crippen LogP contribution in [0.2, 0.25) is 0 Å². The van der Waals surface area contributed by atoms with Gasteiger partial charge in [0.25, 0.3) is 0 Å². The molecule has 306 valence electrons. The predicted molar refractivity (Wildman–Crippen MR) is 189 cm³/mol. The zero-order valence-corrected chi connectivity index (χ0v) is 31.1. The average molecular weight is 771 g/mol. The molecule has 4 aliphatic rings. The number of hydrogen-bond donors (Lipinski definition) is 10. The Kier molecular flexibility index (Phi) is 14.6. The van der Waals surface area contributed by atoms with Gasteiger partial charge in [-0.2, -0.15) is 0 Å². The maximum absolute atomic E-state index is 11.7. The maximum Gasteiger partial charge on any atom is 0.229 e. The first kappa shape index (κ1) is 42.9. The van der Waals surface area contributed by atoms with E-state index in [0.717, 1.165) is 29.6 Å². The Hall–Kier alpha value is -2.26. The molecule has 3 fully saturated rings. The molecule has 1 aromatic carbocycles. The van der Waals surface area contributed by atoms with E-state index in [2.05, 4.69) is 12.7 Å². The fourth-order valence-electron chi connectivity index (χ4n) is 7.77. The van der Waals surface area contributed by atoms with Crippen molar-refractivity contribution in [1.82, 2.24) is 0 Å². The van der Waals surface area contributed by atoms with Gasteiger partial charge in [-0.25, -0.2) is 0 Å². The molecule has 3 saturated heterocycles. The summed E-state index contributed by atoms with van der Waals surface area (Å²) in [4.78, 5) is 0. The highest BCUT2D eigenvalue weighted by Gasteiger charge is 2.52. The van der Waals surface area contributed by atoms with Crippen molar-refractivity contribution in [3.8, 4) is 11.5 Å². The van der Waals surface area contributed by atoms with E-state index >= 15 is 0 Å². The SMILES string of the molecule is C=C(C)[C@@H]1CCC(C)=C[C@H]1c1c(O[C@@H]2O[C@H](CO)[C@@H](O)[C@H](O)[C@H]2O)cc(CCC)cc1O[C@@H]1O[C@H](CC)[C@@H](O)[C@H](O[C@@H]2O[C@H](CO)[C@@H](O)[C@H](O)[C@H]2O)[C@H]1O. The first-order valence-electron chi connectivity index (χ1n) is 18.8. The third-order valence-electron chi connectivity index (χ3n) is 10.9. The lowest BCUT2D eigenvalue weighted by Crippen LogP contribution is -2.64. The van der Waals surface area contributed by atoms with Crippen LogP contribution in [0.5, 0.6) is 11.5 Å². The number of aliphatic hydroxyl groups excluding tert-OH is 10. The Morgan fingerprint density at radius 3 is 1.76 bits per heavy atom. The Morgan fingerprint density at radius 1 is 0.722 bits per heavy atom. The van der Waals surface area contributed by atoms with E-state index in [1.807, 2.05) is 20.8 Å². The minimum atomic E-state index is -1.80. The van der Waals surface area contributed by atoms with Crippen LogP contribution in [-0.2, 0) is 25.4 Å². The molecule has 54 heavy (non-hydrogen) atoms. The summed E-state index contributed by atoms with van der Waals surface area (Å²) in [6.07, 6.45) is -18.0. The van der Waals surface area contributed by atoms with Crippen LogP contribution < -0.4 is 9.47 Å². The summed E-state index contributed by atoms with van der Waals surface area (Å²) in [7, 11) is 0. The topological polar surface area (TPSA) is 258 Å². The number of aliphatic hydroxyl groups is 10. The Labute approximate surface area is 314 Å². The van der Waals surface area contributed by atoms with Crippen LogP contribution in [0.3, 0.4) is 0 Å². The zero-order valence-electron chi connectivity index (χ0n) is 31.1. The van der Waals surface area contributed by atoms with E-state index in [4.69, 9.17) is 28.4 Å². The van der Waals surface area contributed by atoms with Crippen molar-refractivity contribution in [3.05, 3.63) is 47.1 Å². The van der Waals surface area contributed by atoms with Crippen molar-refractivity contribution in [2.24, 2.45) is 5.92 Å². The molecule has 0 amide bonds. The van der Waals surface area contributed by atoms with Crippen LogP contribution in [0.1, 0.15) is 70.4 Å². The third kappa shape index (κ3) is 8.82. The fourth-order valence-corrected chi connectivity index (χ4v) is 7.77. The summed E-state index contributed by atoms with van der Waals surface area (Å²) in [6, 6.07) is 3.55. The maximum atomic E-state index is 11.7. The van der Waals surface area contributed by atoms with E-state index in [1.54, 1.807) is 19.1 Å². The van der Waals surface area contributed by atoms with Crippen LogP contribution in [0.25, 0.3) is 0 Å². The molecule has 5 rings (SSSR count). The highest BCUT2D eigenvalue weighted by atomic mass is 16.7. The molecule has 0 spiro atoms. The monoisotopic (exact) mass is 770 g/mol. The second-order valence-corrected chi connectivity index (χ2v) is 14.9. The minimum Gasteiger partial charge on any atom is -0.462 e. The van der Waals surface area contributed by atoms with Crippen molar-refractivity contribution < 1.29 is 79.5 Å². The summed E-state index contributed by atoms with van der Waals surface area (Å²) in [6.45, 7) is 10.5. The van der Waals surface area contributed by atoms with Crippen LogP contribution in [0.4, 0.5) is 0 Å². The number of hydrogen-bond acceptors (Lipinski definition) is 16. The average Bonchev–Trinajstić information content (AvgIpc) is 3.14. The molecule has 10 N–H and O–H groups in total. The minimum absolute atomic E-state index is 0.116. The summed E-state index contributed by atoms with van der Waals surface area (Å²) in [5, 5.41) is 106. The summed E-state index contributed by atoms with van der Waals surface area (Å²) in [5.74, 6) is -0.121. The molecule has 0 unspecified atom stereocenters. The van der Waals surface area contributed by atoms with Crippen molar-refractivity contribution in [1.29, 1.82) is 0 Å². The molecule has 3 aliphatic heterocycles. The lowest BCUT2D eigenvalue weighted by molar-refractivity contribution is -0.351. The Morgan fingerprint density at radius 2 is 1.24 bits per heavy atom. The Bertz CT molecular complexity index is 1440. The molecule has 1 aliphatic carbocycles. The lowest BCUT2D eigenvalue weighted by atomic mass is 9.73. The molecule has 0 aromatic heterocycles. The van der Waals surface area contributed by atoms with Gasteiger partial charge >= 0.3 is 0 Å². The summed E-state index contributed by atoms with van der Waals surface area (Å²) >= 11 is 0. The largest absolute Gasteiger partial charge is 0.462 e. The molecule has 0 radical (unpaired) electrons. The Balaban J connectivity index is 1.58. The molecular weight excluding hydrogens is 712 g/mol. The molecule has 3 heterocycles. The van der Waals surface area contributed by atoms with Crippen LogP contribution >= 0.6 is 0 Å². The number of aryl methyl sites for hydroxylation is 1. The van der Waals surface area contributed by atoms with E-state index in [9.17, 15) is 51.1 Å². The van der Waals surface area contributed by atoms with E-state index in [0.29, 0.717) is 18.4 Å². The van der Waals surface area contributed by atoms with Gasteiger partial charge in [-0.3, -0.25) is 0 Å². The first-order chi connectivity index (χ1) is 25.6. The van der Waals surface area contributed by atoms with Gasteiger partial charge in [0, 0.05) is 11.5 Å². The number of benzene rings is 1. The highest BCUT2D eigenvalue weighted by molar-refractivity contribution is 5.53. The summed E-state index contributed by atoms with van der Waals surface area (Å²) in [5.41, 5.74) is 3.16. The van der Waals surface area contributed by atoms with Gasteiger partial charge in [-0.05, 0) is 63.1 Å². The number of ether oxygens (including phenoxy) is 6. The highest BCUT2D eigenvalue weighted by Crippen LogP contribution is 2.49. The van der Waals surface area contributed by atoms with Crippen LogP contribution in [0.15, 0.2) is 35.9 Å². The quantitative estimate of drug-likeness (QED) is 0.111. The molecular formula is C38H58O16. The number of allylic oxidation sites excluding steroid dienone is 3. The third-order valence-corrected chi connectivity index (χ3v) is 10.9. The molecule has 0 bridgehead atoms. The predicted octanol–water partition coefficient (Wildman–Crippen LogP) is -0.746. The molecule has 0 saturated carbocycles. The number of rotatable bonds is 13. The first-order valence-corrected chi connectivity index (χ1v) is 18.8. The van der Waals surface area contributed by atoms with Crippen molar-refractivity contribution in [3.63, 3.8) is 0 Å². The van der Waals surface area contributed by atoms with Gasteiger partial charge in [0.05, 0.1) is 19.3 Å². The van der Waals surface area contributed by atoms with Gasteiger partial charge in [0.1, 0.15) is 78.6 Å². The second kappa shape index (κ2) is 18.3. The molecule has 16 nitrogen and oxygen atoms in total. The lowest BCUT2D eigenvalue weighted by Gasteiger charge is -2.46. The van der Waals surface area contributed by atoms with Gasteiger partial charge in [-0.1, -0.05) is 44.1 Å². The van der Waals surface area contributed by atoms with E-state index < -0.39 is 111 Å². The van der Waals surface area contributed by atoms with E-state index in [-0.39, 0.29) is 23.8 Å². The van der Waals surface area contributed by atoms with Crippen LogP contribution in [-0.4, -0.2) is 156 Å². The zero-order chi connectivity index (χ0) is 39.6. The molecule has 17 atom stereocenters. The van der Waals surface area contributed by atoms with Crippen molar-refractivity contribution in [2.45, 2.75) is 158 Å². The van der Waals surface area contributed by atoms with Crippen molar-refractivity contribution in [2.75, 3.05) is 13.2 Å². The normalized spacial score (nSPS) is 41.6. The van der Waals surface area contributed by atoms with E-state index in [1.165, 1.54) is 0 Å². The standard InChI is InChI=1S/C38H58O16/c1-6-8-18-12-22(50-36-32(46)30(44)27(41)24(14-39)52-36)26(20-11-17(5)9-10-19(20)16(3)4)23(13-18)51-38-34(48)35(29(43)21(7-2)49-38)54-37-33(47)31(45)28(42)25(15-40)53-37/h11-13,19-21,24-25,27-48H,3,6-10,14-15H2,1-2,4-5H3/t19-,20+,21+,24+,25+,27+,28+,29+,30-,31-,32+,33+,34+,35-,36+,37-,38-/m0/s1. The van der Waals surface area contributed by atoms with Gasteiger partial charge in [0.15, 0.2) is 6.29 Å². The smallest absolute Gasteiger partial charge is 0.229 e. The van der Waals surface area contributed by atoms with Crippen LogP contribution in [0, 0.1) is 5.92 Å².